The van der Waals surface area contributed by atoms with E-state index in [2.05, 4.69) is 0 Å². The maximum absolute atomic E-state index is 12.5. The van der Waals surface area contributed by atoms with E-state index in [1.165, 1.54) is 4.90 Å². The normalized spacial score (nSPS) is 10.3. The molecule has 0 bridgehead atoms. The number of urea groups is 1. The molecule has 0 N–H and O–H groups in total. The predicted molar refractivity (Wildman–Crippen MR) is 84.6 cm³/mol. The van der Waals surface area contributed by atoms with Crippen LogP contribution in [0.25, 0.3) is 0 Å². The molecular weight excluding hydrogens is 284 g/mol. The molecule has 0 saturated carbocycles. The van der Waals surface area contributed by atoms with E-state index in [0.717, 1.165) is 4.90 Å². The molecule has 1 rings (SSSR count). The van der Waals surface area contributed by atoms with Crippen LogP contribution in [0.15, 0.2) is 30.3 Å². The summed E-state index contributed by atoms with van der Waals surface area (Å²) >= 11 is 0. The number of benzene rings is 1. The highest BCUT2D eigenvalue weighted by Crippen LogP contribution is 2.13. The van der Waals surface area contributed by atoms with Crippen LogP contribution in [0.3, 0.4) is 0 Å². The zero-order valence-corrected chi connectivity index (χ0v) is 13.2. The molecule has 1 aromatic carbocycles. The average Bonchev–Trinajstić information content (AvgIpc) is 2.55. The standard InChI is InChI=1S/C16H23N2O4/c1-3-21-12-10-17(11-13-22-4-2)16(20)18(14-19)15-8-6-5-7-9-15/h5-9H,3-4,10-13H2,1-2H3. The second-order valence-electron chi connectivity index (χ2n) is 4.43. The van der Waals surface area contributed by atoms with Crippen molar-refractivity contribution < 1.29 is 19.1 Å². The first-order valence-electron chi connectivity index (χ1n) is 7.41. The summed E-state index contributed by atoms with van der Waals surface area (Å²) in [4.78, 5) is 26.2. The molecule has 0 aliphatic heterocycles. The van der Waals surface area contributed by atoms with Crippen molar-refractivity contribution in [1.82, 2.24) is 4.90 Å². The molecule has 22 heavy (non-hydrogen) atoms. The van der Waals surface area contributed by atoms with Gasteiger partial charge in [0, 0.05) is 26.3 Å². The van der Waals surface area contributed by atoms with Gasteiger partial charge in [-0.15, -0.1) is 0 Å². The van der Waals surface area contributed by atoms with Gasteiger partial charge in [-0.1, -0.05) is 18.2 Å². The lowest BCUT2D eigenvalue weighted by atomic mass is 10.3. The van der Waals surface area contributed by atoms with Gasteiger partial charge in [0.2, 0.25) is 0 Å². The summed E-state index contributed by atoms with van der Waals surface area (Å²) in [7, 11) is 0. The number of hydrogen-bond acceptors (Lipinski definition) is 4. The summed E-state index contributed by atoms with van der Waals surface area (Å²) in [6.07, 6.45) is 1.69. The maximum Gasteiger partial charge on any atom is 0.331 e. The number of nitrogens with zero attached hydrogens (tertiary/aromatic N) is 2. The lowest BCUT2D eigenvalue weighted by Gasteiger charge is -2.26. The van der Waals surface area contributed by atoms with Crippen LogP contribution in [-0.2, 0) is 14.3 Å². The Morgan fingerprint density at radius 1 is 1.05 bits per heavy atom. The van der Waals surface area contributed by atoms with E-state index in [9.17, 15) is 9.59 Å². The molecule has 0 unspecified atom stereocenters. The molecule has 6 heteroatoms. The number of anilines is 1. The van der Waals surface area contributed by atoms with Crippen molar-refractivity contribution in [3.05, 3.63) is 30.3 Å². The Hall–Kier alpha value is -1.92. The Balaban J connectivity index is 2.75. The lowest BCUT2D eigenvalue weighted by Crippen LogP contribution is -2.45. The molecule has 0 spiro atoms. The quantitative estimate of drug-likeness (QED) is 0.490. The number of ether oxygens (including phenoxy) is 2. The zero-order chi connectivity index (χ0) is 16.2. The lowest BCUT2D eigenvalue weighted by molar-refractivity contribution is 0.0948. The zero-order valence-electron chi connectivity index (χ0n) is 13.2. The molecular formula is C16H23N2O4. The summed E-state index contributed by atoms with van der Waals surface area (Å²) in [5.41, 5.74) is 0.486. The van der Waals surface area contributed by atoms with Crippen molar-refractivity contribution in [2.45, 2.75) is 13.8 Å². The van der Waals surface area contributed by atoms with Crippen molar-refractivity contribution in [3.8, 4) is 0 Å². The average molecular weight is 307 g/mol. The van der Waals surface area contributed by atoms with Crippen LogP contribution < -0.4 is 4.90 Å². The van der Waals surface area contributed by atoms with Crippen molar-refractivity contribution in [2.24, 2.45) is 0 Å². The van der Waals surface area contributed by atoms with Gasteiger partial charge in [-0.3, -0.25) is 4.79 Å². The van der Waals surface area contributed by atoms with E-state index in [0.29, 0.717) is 45.2 Å². The van der Waals surface area contributed by atoms with Crippen LogP contribution in [0.4, 0.5) is 10.5 Å². The minimum atomic E-state index is -0.430. The monoisotopic (exact) mass is 307 g/mol. The molecule has 121 valence electrons. The highest BCUT2D eigenvalue weighted by Gasteiger charge is 2.22. The predicted octanol–water partition coefficient (Wildman–Crippen LogP) is 2.06. The number of carbonyl (C=O) groups is 1. The number of hydrogen-bond donors (Lipinski definition) is 0. The van der Waals surface area contributed by atoms with Crippen LogP contribution in [-0.4, -0.2) is 56.9 Å². The molecule has 0 atom stereocenters. The van der Waals surface area contributed by atoms with Crippen molar-refractivity contribution >= 4 is 18.1 Å². The maximum atomic E-state index is 12.5. The fourth-order valence-corrected chi connectivity index (χ4v) is 1.86. The highest BCUT2D eigenvalue weighted by molar-refractivity contribution is 6.06. The smallest absolute Gasteiger partial charge is 0.331 e. The molecule has 0 heterocycles. The number of imide groups is 1. The molecule has 3 amide bonds. The van der Waals surface area contributed by atoms with E-state index in [4.69, 9.17) is 9.47 Å². The number of para-hydroxylation sites is 1. The molecule has 1 aromatic rings. The van der Waals surface area contributed by atoms with Crippen molar-refractivity contribution in [3.63, 3.8) is 0 Å². The van der Waals surface area contributed by atoms with Crippen LogP contribution in [0, 0.1) is 0 Å². The Morgan fingerprint density at radius 3 is 2.05 bits per heavy atom. The fraction of sp³-hybridized carbons (Fsp3) is 0.500. The molecule has 0 aliphatic rings. The number of amides is 3. The Labute approximate surface area is 131 Å². The van der Waals surface area contributed by atoms with Crippen molar-refractivity contribution in [1.29, 1.82) is 0 Å². The summed E-state index contributed by atoms with van der Waals surface area (Å²) in [6, 6.07) is 8.28. The van der Waals surface area contributed by atoms with Crippen LogP contribution >= 0.6 is 0 Å². The third kappa shape index (κ3) is 5.83. The number of rotatable bonds is 10. The van der Waals surface area contributed by atoms with Crippen molar-refractivity contribution in [2.75, 3.05) is 44.4 Å². The molecule has 1 radical (unpaired) electrons. The SMILES string of the molecule is CCOCCN(CCOCC)C(=O)N([C]=O)c1ccccc1. The van der Waals surface area contributed by atoms with Gasteiger partial charge >= 0.3 is 12.4 Å². The molecule has 6 nitrogen and oxygen atoms in total. The van der Waals surface area contributed by atoms with Gasteiger partial charge in [0.25, 0.3) is 0 Å². The number of carbonyl (C=O) groups excluding carboxylic acids is 2. The van der Waals surface area contributed by atoms with Gasteiger partial charge in [-0.25, -0.2) is 9.69 Å². The largest absolute Gasteiger partial charge is 0.380 e. The van der Waals surface area contributed by atoms with Gasteiger partial charge in [-0.2, -0.15) is 0 Å². The Morgan fingerprint density at radius 2 is 1.59 bits per heavy atom. The molecule has 0 aliphatic carbocycles. The van der Waals surface area contributed by atoms with Gasteiger partial charge in [0.15, 0.2) is 0 Å². The van der Waals surface area contributed by atoms with Crippen LogP contribution in [0.2, 0.25) is 0 Å². The van der Waals surface area contributed by atoms with E-state index in [1.54, 1.807) is 30.7 Å². The van der Waals surface area contributed by atoms with Gasteiger partial charge in [0.05, 0.1) is 18.9 Å². The molecule has 0 aromatic heterocycles. The topological polar surface area (TPSA) is 59.1 Å². The minimum absolute atomic E-state index is 0.394. The molecule has 0 fully saturated rings. The first-order valence-corrected chi connectivity index (χ1v) is 7.41. The highest BCUT2D eigenvalue weighted by atomic mass is 16.5. The third-order valence-electron chi connectivity index (χ3n) is 2.99. The van der Waals surface area contributed by atoms with Gasteiger partial charge in [-0.05, 0) is 26.0 Å². The summed E-state index contributed by atoms with van der Waals surface area (Å²) in [6.45, 7) is 6.55. The summed E-state index contributed by atoms with van der Waals surface area (Å²) in [5, 5.41) is 0. The fourth-order valence-electron chi connectivity index (χ4n) is 1.86. The third-order valence-corrected chi connectivity index (χ3v) is 2.99. The van der Waals surface area contributed by atoms with Gasteiger partial charge < -0.3 is 14.4 Å². The summed E-state index contributed by atoms with van der Waals surface area (Å²) in [5.74, 6) is 0. The molecule has 0 saturated heterocycles. The summed E-state index contributed by atoms with van der Waals surface area (Å²) < 4.78 is 10.6. The van der Waals surface area contributed by atoms with E-state index in [1.807, 2.05) is 19.9 Å². The van der Waals surface area contributed by atoms with E-state index in [-0.39, 0.29) is 0 Å². The first-order chi connectivity index (χ1) is 10.7. The minimum Gasteiger partial charge on any atom is -0.380 e. The second kappa shape index (κ2) is 10.8. The van der Waals surface area contributed by atoms with E-state index >= 15 is 0 Å². The van der Waals surface area contributed by atoms with Crippen LogP contribution in [0.1, 0.15) is 13.8 Å². The van der Waals surface area contributed by atoms with E-state index < -0.39 is 6.03 Å². The second-order valence-corrected chi connectivity index (χ2v) is 4.43. The van der Waals surface area contributed by atoms with Crippen LogP contribution in [0.5, 0.6) is 0 Å². The van der Waals surface area contributed by atoms with Gasteiger partial charge in [0.1, 0.15) is 0 Å². The first kappa shape index (κ1) is 18.1. The Bertz CT molecular complexity index is 429. The Kier molecular flexibility index (Phi) is 8.86.